The van der Waals surface area contributed by atoms with Crippen LogP contribution in [0.1, 0.15) is 45.4 Å². The van der Waals surface area contributed by atoms with Crippen molar-refractivity contribution in [2.45, 2.75) is 51.5 Å². The van der Waals surface area contributed by atoms with E-state index in [0.717, 1.165) is 6.42 Å². The number of hydrogen-bond donors (Lipinski definition) is 1. The lowest BCUT2D eigenvalue weighted by atomic mass is 9.92. The molecule has 1 heterocycles. The van der Waals surface area contributed by atoms with Gasteiger partial charge in [0, 0.05) is 12.5 Å². The van der Waals surface area contributed by atoms with Gasteiger partial charge in [-0.2, -0.15) is 0 Å². The zero-order valence-corrected chi connectivity index (χ0v) is 11.5. The number of hydrogen-bond acceptors (Lipinski definition) is 2. The molecule has 19 heavy (non-hydrogen) atoms. The topological polar surface area (TPSA) is 57.6 Å². The normalized spacial score (nSPS) is 41.5. The minimum atomic E-state index is -0.830. The van der Waals surface area contributed by atoms with Crippen molar-refractivity contribution in [1.29, 1.82) is 0 Å². The molecule has 2 aliphatic carbocycles. The van der Waals surface area contributed by atoms with E-state index in [1.807, 2.05) is 0 Å². The maximum absolute atomic E-state index is 12.6. The van der Waals surface area contributed by atoms with Crippen molar-refractivity contribution >= 4 is 11.9 Å². The Labute approximate surface area is 114 Å². The third-order valence-corrected chi connectivity index (χ3v) is 5.37. The van der Waals surface area contributed by atoms with E-state index in [9.17, 15) is 14.7 Å². The van der Waals surface area contributed by atoms with Crippen molar-refractivity contribution in [3.63, 3.8) is 0 Å². The molecule has 4 atom stereocenters. The summed E-state index contributed by atoms with van der Waals surface area (Å²) in [5, 5.41) is 9.34. The van der Waals surface area contributed by atoms with Crippen LogP contribution in [0.15, 0.2) is 0 Å². The SMILES string of the molecule is CC1CCN(C(=O)C2C3CCCCC32)C(C(=O)O)C1. The van der Waals surface area contributed by atoms with Crippen LogP contribution in [-0.2, 0) is 9.59 Å². The predicted octanol–water partition coefficient (Wildman–Crippen LogP) is 2.13. The lowest BCUT2D eigenvalue weighted by molar-refractivity contribution is -0.153. The van der Waals surface area contributed by atoms with Crippen molar-refractivity contribution in [3.05, 3.63) is 0 Å². The van der Waals surface area contributed by atoms with E-state index in [1.165, 1.54) is 25.7 Å². The van der Waals surface area contributed by atoms with Gasteiger partial charge in [0.05, 0.1) is 0 Å². The summed E-state index contributed by atoms with van der Waals surface area (Å²) in [5.74, 6) is 0.995. The van der Waals surface area contributed by atoms with E-state index in [0.29, 0.717) is 30.7 Å². The lowest BCUT2D eigenvalue weighted by Gasteiger charge is -2.36. The molecule has 1 N–H and O–H groups in total. The molecule has 0 spiro atoms. The number of amides is 1. The first kappa shape index (κ1) is 12.9. The molecule has 0 aromatic carbocycles. The van der Waals surface area contributed by atoms with Crippen LogP contribution >= 0.6 is 0 Å². The minimum Gasteiger partial charge on any atom is -0.480 e. The lowest BCUT2D eigenvalue weighted by Crippen LogP contribution is -2.50. The molecule has 3 rings (SSSR count). The largest absolute Gasteiger partial charge is 0.480 e. The number of carbonyl (C=O) groups is 2. The van der Waals surface area contributed by atoms with Gasteiger partial charge in [-0.25, -0.2) is 4.79 Å². The van der Waals surface area contributed by atoms with Gasteiger partial charge in [-0.05, 0) is 43.4 Å². The first-order valence-electron chi connectivity index (χ1n) is 7.63. The van der Waals surface area contributed by atoms with Gasteiger partial charge in [0.15, 0.2) is 0 Å². The molecule has 1 amide bonds. The van der Waals surface area contributed by atoms with Gasteiger partial charge in [-0.1, -0.05) is 19.8 Å². The smallest absolute Gasteiger partial charge is 0.326 e. The molecule has 0 radical (unpaired) electrons. The Hall–Kier alpha value is -1.06. The number of carbonyl (C=O) groups excluding carboxylic acids is 1. The summed E-state index contributed by atoms with van der Waals surface area (Å²) in [5.41, 5.74) is 0. The molecule has 106 valence electrons. The molecule has 4 heteroatoms. The molecule has 1 saturated heterocycles. The first-order chi connectivity index (χ1) is 9.09. The van der Waals surface area contributed by atoms with Crippen LogP contribution in [0.3, 0.4) is 0 Å². The van der Waals surface area contributed by atoms with Gasteiger partial charge < -0.3 is 10.0 Å². The number of aliphatic carboxylic acids is 1. The number of carboxylic acids is 1. The standard InChI is InChI=1S/C15H23NO3/c1-9-6-7-16(12(8-9)15(18)19)14(17)13-10-4-2-3-5-11(10)13/h9-13H,2-8H2,1H3,(H,18,19). The molecular weight excluding hydrogens is 242 g/mol. The monoisotopic (exact) mass is 265 g/mol. The van der Waals surface area contributed by atoms with Crippen molar-refractivity contribution in [2.24, 2.45) is 23.7 Å². The number of rotatable bonds is 2. The first-order valence-corrected chi connectivity index (χ1v) is 7.63. The highest BCUT2D eigenvalue weighted by Gasteiger charge is 2.56. The van der Waals surface area contributed by atoms with Gasteiger partial charge in [0.2, 0.25) is 5.91 Å². The Morgan fingerprint density at radius 1 is 1.11 bits per heavy atom. The summed E-state index contributed by atoms with van der Waals surface area (Å²) in [6, 6.07) is -0.584. The molecule has 2 saturated carbocycles. The number of piperidine rings is 1. The van der Waals surface area contributed by atoms with Crippen LogP contribution in [-0.4, -0.2) is 34.5 Å². The molecule has 3 aliphatic rings. The highest BCUT2D eigenvalue weighted by Crippen LogP contribution is 2.56. The molecule has 0 aromatic rings. The second-order valence-corrected chi connectivity index (χ2v) is 6.65. The second-order valence-electron chi connectivity index (χ2n) is 6.65. The summed E-state index contributed by atoms with van der Waals surface area (Å²) >= 11 is 0. The van der Waals surface area contributed by atoms with Crippen molar-refractivity contribution in [1.82, 2.24) is 4.90 Å². The maximum Gasteiger partial charge on any atom is 0.326 e. The fraction of sp³-hybridized carbons (Fsp3) is 0.867. The fourth-order valence-corrected chi connectivity index (χ4v) is 4.19. The molecule has 0 aromatic heterocycles. The van der Waals surface area contributed by atoms with Crippen molar-refractivity contribution in [3.8, 4) is 0 Å². The van der Waals surface area contributed by atoms with Crippen LogP contribution in [0.2, 0.25) is 0 Å². The number of fused-ring (bicyclic) bond motifs is 1. The molecule has 4 unspecified atom stereocenters. The maximum atomic E-state index is 12.6. The highest BCUT2D eigenvalue weighted by molar-refractivity contribution is 5.87. The van der Waals surface area contributed by atoms with Crippen LogP contribution < -0.4 is 0 Å². The summed E-state index contributed by atoms with van der Waals surface area (Å²) in [4.78, 5) is 25.7. The van der Waals surface area contributed by atoms with Crippen molar-refractivity contribution < 1.29 is 14.7 Å². The van der Waals surface area contributed by atoms with E-state index in [4.69, 9.17) is 0 Å². The molecule has 4 nitrogen and oxygen atoms in total. The molecule has 3 fully saturated rings. The van der Waals surface area contributed by atoms with E-state index in [-0.39, 0.29) is 11.8 Å². The molecule has 1 aliphatic heterocycles. The molecular formula is C15H23NO3. The van der Waals surface area contributed by atoms with E-state index in [1.54, 1.807) is 4.90 Å². The van der Waals surface area contributed by atoms with Gasteiger partial charge in [0.1, 0.15) is 6.04 Å². The number of likely N-dealkylation sites (tertiary alicyclic amines) is 1. The van der Waals surface area contributed by atoms with Crippen molar-refractivity contribution in [2.75, 3.05) is 6.54 Å². The summed E-state index contributed by atoms with van der Waals surface area (Å²) < 4.78 is 0. The molecule has 0 bridgehead atoms. The average molecular weight is 265 g/mol. The number of nitrogens with zero attached hydrogens (tertiary/aromatic N) is 1. The Kier molecular flexibility index (Phi) is 3.27. The highest BCUT2D eigenvalue weighted by atomic mass is 16.4. The third kappa shape index (κ3) is 2.26. The van der Waals surface area contributed by atoms with E-state index >= 15 is 0 Å². The average Bonchev–Trinajstić information content (AvgIpc) is 3.12. The minimum absolute atomic E-state index is 0.135. The Bertz CT molecular complexity index is 383. The van der Waals surface area contributed by atoms with E-state index in [2.05, 4.69) is 6.92 Å². The van der Waals surface area contributed by atoms with Gasteiger partial charge in [-0.3, -0.25) is 4.79 Å². The number of carboxylic acid groups (broad SMARTS) is 1. The summed E-state index contributed by atoms with van der Waals surface area (Å²) in [6.07, 6.45) is 6.38. The third-order valence-electron chi connectivity index (χ3n) is 5.37. The van der Waals surface area contributed by atoms with Gasteiger partial charge >= 0.3 is 5.97 Å². The summed E-state index contributed by atoms with van der Waals surface area (Å²) in [6.45, 7) is 2.71. The quantitative estimate of drug-likeness (QED) is 0.832. The van der Waals surface area contributed by atoms with Crippen LogP contribution in [0.5, 0.6) is 0 Å². The van der Waals surface area contributed by atoms with Gasteiger partial charge in [-0.15, -0.1) is 0 Å². The van der Waals surface area contributed by atoms with Crippen LogP contribution in [0, 0.1) is 23.7 Å². The Morgan fingerprint density at radius 3 is 2.32 bits per heavy atom. The Balaban J connectivity index is 1.70. The van der Waals surface area contributed by atoms with Gasteiger partial charge in [0.25, 0.3) is 0 Å². The van der Waals surface area contributed by atoms with Crippen LogP contribution in [0.25, 0.3) is 0 Å². The van der Waals surface area contributed by atoms with E-state index < -0.39 is 12.0 Å². The predicted molar refractivity (Wildman–Crippen MR) is 70.5 cm³/mol. The fourth-order valence-electron chi connectivity index (χ4n) is 4.19. The summed E-state index contributed by atoms with van der Waals surface area (Å²) in [7, 11) is 0. The Morgan fingerprint density at radius 2 is 1.74 bits per heavy atom. The second kappa shape index (κ2) is 4.80. The zero-order chi connectivity index (χ0) is 13.6. The zero-order valence-electron chi connectivity index (χ0n) is 11.5. The van der Waals surface area contributed by atoms with Crippen LogP contribution in [0.4, 0.5) is 0 Å².